The number of pyridine rings is 1. The number of aromatic nitrogens is 1. The van der Waals surface area contributed by atoms with Crippen molar-refractivity contribution in [2.24, 2.45) is 11.8 Å². The molecule has 1 aromatic heterocycles. The standard InChI is InChI=1S/C20H21FN2O4/c21-16-9-3-13(4-10-16)12-23-11-1-2-17(19(23)25)22-18(24)14-5-7-15(8-6-14)20(26)27/h1-4,9-11,14-15H,5-8,12H2,(H,22,24)(H,26,27). The molecule has 27 heavy (non-hydrogen) atoms. The molecular weight excluding hydrogens is 351 g/mol. The summed E-state index contributed by atoms with van der Waals surface area (Å²) in [6.07, 6.45) is 3.55. The van der Waals surface area contributed by atoms with Crippen LogP contribution in [-0.4, -0.2) is 21.6 Å². The largest absolute Gasteiger partial charge is 0.481 e. The third kappa shape index (κ3) is 4.61. The monoisotopic (exact) mass is 372 g/mol. The number of hydrogen-bond acceptors (Lipinski definition) is 3. The Bertz CT molecular complexity index is 884. The van der Waals surface area contributed by atoms with Crippen LogP contribution in [0, 0.1) is 17.7 Å². The Morgan fingerprint density at radius 3 is 2.33 bits per heavy atom. The highest BCUT2D eigenvalue weighted by Crippen LogP contribution is 2.29. The molecule has 1 aliphatic rings. The second-order valence-electron chi connectivity index (χ2n) is 6.86. The van der Waals surface area contributed by atoms with Gasteiger partial charge in [-0.3, -0.25) is 14.4 Å². The number of carboxylic acids is 1. The van der Waals surface area contributed by atoms with E-state index >= 15 is 0 Å². The molecule has 1 aromatic carbocycles. The second kappa shape index (κ2) is 8.16. The van der Waals surface area contributed by atoms with Gasteiger partial charge in [0.15, 0.2) is 0 Å². The molecule has 1 fully saturated rings. The van der Waals surface area contributed by atoms with Crippen molar-refractivity contribution in [3.8, 4) is 0 Å². The fourth-order valence-electron chi connectivity index (χ4n) is 3.38. The maximum absolute atomic E-state index is 13.0. The van der Waals surface area contributed by atoms with E-state index in [1.807, 2.05) is 0 Å². The molecule has 0 saturated heterocycles. The molecule has 0 bridgehead atoms. The number of carbonyl (C=O) groups is 2. The van der Waals surface area contributed by atoms with E-state index in [-0.39, 0.29) is 35.4 Å². The van der Waals surface area contributed by atoms with E-state index in [4.69, 9.17) is 5.11 Å². The number of carbonyl (C=O) groups excluding carboxylic acids is 1. The summed E-state index contributed by atoms with van der Waals surface area (Å²) in [6.45, 7) is 0.270. The lowest BCUT2D eigenvalue weighted by molar-refractivity contribution is -0.143. The van der Waals surface area contributed by atoms with Crippen molar-refractivity contribution in [1.82, 2.24) is 4.57 Å². The number of nitrogens with zero attached hydrogens (tertiary/aromatic N) is 1. The molecule has 0 spiro atoms. The van der Waals surface area contributed by atoms with E-state index in [0.717, 1.165) is 5.56 Å². The number of nitrogens with one attached hydrogen (secondary N) is 1. The molecule has 3 rings (SSSR count). The van der Waals surface area contributed by atoms with E-state index in [9.17, 15) is 18.8 Å². The lowest BCUT2D eigenvalue weighted by Crippen LogP contribution is -2.32. The minimum absolute atomic E-state index is 0.185. The van der Waals surface area contributed by atoms with Crippen molar-refractivity contribution in [2.45, 2.75) is 32.2 Å². The summed E-state index contributed by atoms with van der Waals surface area (Å²) in [5, 5.41) is 11.7. The first-order valence-electron chi connectivity index (χ1n) is 8.91. The molecule has 6 nitrogen and oxygen atoms in total. The molecule has 1 saturated carbocycles. The van der Waals surface area contributed by atoms with Crippen LogP contribution in [0.3, 0.4) is 0 Å². The second-order valence-corrected chi connectivity index (χ2v) is 6.86. The zero-order valence-electron chi connectivity index (χ0n) is 14.7. The summed E-state index contributed by atoms with van der Waals surface area (Å²) in [5.41, 5.74) is 0.619. The molecule has 2 aromatic rings. The number of aliphatic carboxylic acids is 1. The Morgan fingerprint density at radius 2 is 1.70 bits per heavy atom. The first-order valence-corrected chi connectivity index (χ1v) is 8.91. The van der Waals surface area contributed by atoms with Gasteiger partial charge in [-0.2, -0.15) is 0 Å². The van der Waals surface area contributed by atoms with Gasteiger partial charge in [-0.15, -0.1) is 0 Å². The minimum Gasteiger partial charge on any atom is -0.481 e. The highest BCUT2D eigenvalue weighted by Gasteiger charge is 2.30. The van der Waals surface area contributed by atoms with Crippen LogP contribution in [-0.2, 0) is 16.1 Å². The zero-order chi connectivity index (χ0) is 19.4. The van der Waals surface area contributed by atoms with Gasteiger partial charge in [0.1, 0.15) is 11.5 Å². The van der Waals surface area contributed by atoms with Gasteiger partial charge in [0, 0.05) is 12.1 Å². The van der Waals surface area contributed by atoms with E-state index in [0.29, 0.717) is 25.7 Å². The zero-order valence-corrected chi connectivity index (χ0v) is 14.7. The number of benzene rings is 1. The normalized spacial score (nSPS) is 19.4. The molecular formula is C20H21FN2O4. The van der Waals surface area contributed by atoms with E-state index in [1.54, 1.807) is 30.5 Å². The van der Waals surface area contributed by atoms with Crippen LogP contribution in [0.2, 0.25) is 0 Å². The molecule has 0 unspecified atom stereocenters. The Morgan fingerprint density at radius 1 is 1.07 bits per heavy atom. The van der Waals surface area contributed by atoms with E-state index < -0.39 is 11.9 Å². The molecule has 0 atom stereocenters. The first-order chi connectivity index (χ1) is 12.9. The third-order valence-corrected chi connectivity index (χ3v) is 4.99. The van der Waals surface area contributed by atoms with Crippen LogP contribution in [0.4, 0.5) is 10.1 Å². The van der Waals surface area contributed by atoms with Crippen molar-refractivity contribution in [2.75, 3.05) is 5.32 Å². The van der Waals surface area contributed by atoms with Crippen molar-refractivity contribution in [1.29, 1.82) is 0 Å². The maximum Gasteiger partial charge on any atom is 0.306 e. The van der Waals surface area contributed by atoms with Crippen LogP contribution in [0.5, 0.6) is 0 Å². The Kier molecular flexibility index (Phi) is 5.69. The summed E-state index contributed by atoms with van der Waals surface area (Å²) in [5.74, 6) is -2.09. The number of carboxylic acid groups (broad SMARTS) is 1. The molecule has 1 heterocycles. The highest BCUT2D eigenvalue weighted by molar-refractivity contribution is 5.92. The van der Waals surface area contributed by atoms with Gasteiger partial charge < -0.3 is 15.0 Å². The van der Waals surface area contributed by atoms with E-state index in [2.05, 4.69) is 5.32 Å². The SMILES string of the molecule is O=C(O)C1CCC(C(=O)Nc2cccn(Cc3ccc(F)cc3)c2=O)CC1. The van der Waals surface area contributed by atoms with Gasteiger partial charge >= 0.3 is 5.97 Å². The molecule has 0 radical (unpaired) electrons. The number of hydrogen-bond donors (Lipinski definition) is 2. The average molecular weight is 372 g/mol. The third-order valence-electron chi connectivity index (χ3n) is 4.99. The molecule has 1 amide bonds. The number of anilines is 1. The summed E-state index contributed by atoms with van der Waals surface area (Å²) >= 11 is 0. The van der Waals surface area contributed by atoms with Crippen LogP contribution in [0.15, 0.2) is 47.4 Å². The Hall–Kier alpha value is -2.96. The van der Waals surface area contributed by atoms with Crippen LogP contribution in [0.25, 0.3) is 0 Å². The Balaban J connectivity index is 1.67. The molecule has 2 N–H and O–H groups in total. The number of halogens is 1. The number of amides is 1. The predicted molar refractivity (Wildman–Crippen MR) is 97.9 cm³/mol. The van der Waals surface area contributed by atoms with Crippen LogP contribution in [0.1, 0.15) is 31.2 Å². The van der Waals surface area contributed by atoms with Crippen LogP contribution < -0.4 is 10.9 Å². The summed E-state index contributed by atoms with van der Waals surface area (Å²) in [4.78, 5) is 36.1. The predicted octanol–water partition coefficient (Wildman–Crippen LogP) is 2.87. The van der Waals surface area contributed by atoms with Crippen molar-refractivity contribution < 1.29 is 19.1 Å². The lowest BCUT2D eigenvalue weighted by Gasteiger charge is -2.25. The Labute approximate surface area is 155 Å². The lowest BCUT2D eigenvalue weighted by atomic mass is 9.81. The fourth-order valence-corrected chi connectivity index (χ4v) is 3.38. The topological polar surface area (TPSA) is 88.4 Å². The van der Waals surface area contributed by atoms with E-state index in [1.165, 1.54) is 16.7 Å². The van der Waals surface area contributed by atoms with Gasteiger partial charge in [0.25, 0.3) is 5.56 Å². The van der Waals surface area contributed by atoms with Gasteiger partial charge in [-0.05, 0) is 55.5 Å². The van der Waals surface area contributed by atoms with Crippen molar-refractivity contribution in [3.63, 3.8) is 0 Å². The average Bonchev–Trinajstić information content (AvgIpc) is 2.66. The number of rotatable bonds is 5. The fraction of sp³-hybridized carbons (Fsp3) is 0.350. The molecule has 7 heteroatoms. The summed E-state index contributed by atoms with van der Waals surface area (Å²) < 4.78 is 14.5. The molecule has 142 valence electrons. The quantitative estimate of drug-likeness (QED) is 0.845. The van der Waals surface area contributed by atoms with Crippen molar-refractivity contribution in [3.05, 3.63) is 64.3 Å². The summed E-state index contributed by atoms with van der Waals surface area (Å²) in [6, 6.07) is 9.09. The maximum atomic E-state index is 13.0. The summed E-state index contributed by atoms with van der Waals surface area (Å²) in [7, 11) is 0. The van der Waals surface area contributed by atoms with Crippen LogP contribution >= 0.6 is 0 Å². The smallest absolute Gasteiger partial charge is 0.306 e. The van der Waals surface area contributed by atoms with Gasteiger partial charge in [0.05, 0.1) is 12.5 Å². The van der Waals surface area contributed by atoms with Gasteiger partial charge in [-0.25, -0.2) is 4.39 Å². The first kappa shape index (κ1) is 18.8. The molecule has 1 aliphatic carbocycles. The molecule has 0 aliphatic heterocycles. The minimum atomic E-state index is -0.819. The van der Waals surface area contributed by atoms with Gasteiger partial charge in [-0.1, -0.05) is 12.1 Å². The van der Waals surface area contributed by atoms with Gasteiger partial charge in [0.2, 0.25) is 5.91 Å². The van der Waals surface area contributed by atoms with Crippen molar-refractivity contribution >= 4 is 17.6 Å². The highest BCUT2D eigenvalue weighted by atomic mass is 19.1.